The fraction of sp³-hybridized carbons (Fsp3) is 0.133. The Morgan fingerprint density at radius 3 is 2.63 bits per heavy atom. The van der Waals surface area contributed by atoms with Gasteiger partial charge in [0.15, 0.2) is 0 Å². The second-order valence-electron chi connectivity index (χ2n) is 4.21. The van der Waals surface area contributed by atoms with E-state index in [-0.39, 0.29) is 6.61 Å². The zero-order chi connectivity index (χ0) is 13.8. The van der Waals surface area contributed by atoms with E-state index in [4.69, 9.17) is 10.5 Å². The molecule has 2 rings (SSSR count). The predicted molar refractivity (Wildman–Crippen MR) is 78.9 cm³/mol. The summed E-state index contributed by atoms with van der Waals surface area (Å²) < 4.78 is 6.22. The van der Waals surface area contributed by atoms with Crippen LogP contribution in [0.25, 0.3) is 0 Å². The Labute approximate surface area is 120 Å². The van der Waals surface area contributed by atoms with Crippen molar-refractivity contribution in [1.29, 1.82) is 0 Å². The molecule has 0 bridgehead atoms. The summed E-state index contributed by atoms with van der Waals surface area (Å²) >= 11 is 3.42. The first-order valence-electron chi connectivity index (χ1n) is 5.85. The molecular weight excluding hydrogens is 306 g/mol. The van der Waals surface area contributed by atoms with Gasteiger partial charge in [-0.15, -0.1) is 0 Å². The van der Waals surface area contributed by atoms with E-state index >= 15 is 0 Å². The van der Waals surface area contributed by atoms with Gasteiger partial charge in [-0.2, -0.15) is 0 Å². The molecule has 0 aliphatic carbocycles. The summed E-state index contributed by atoms with van der Waals surface area (Å²) in [5, 5.41) is 0. The van der Waals surface area contributed by atoms with Gasteiger partial charge < -0.3 is 10.5 Å². The fourth-order valence-corrected chi connectivity index (χ4v) is 2.20. The number of nitrogen functional groups attached to an aromatic ring is 1. The van der Waals surface area contributed by atoms with Crippen molar-refractivity contribution in [3.63, 3.8) is 0 Å². The molecule has 3 nitrogen and oxygen atoms in total. The number of ether oxygens (including phenoxy) is 1. The zero-order valence-electron chi connectivity index (χ0n) is 10.5. The Morgan fingerprint density at radius 1 is 1.21 bits per heavy atom. The lowest BCUT2D eigenvalue weighted by Gasteiger charge is -2.10. The van der Waals surface area contributed by atoms with Crippen LogP contribution >= 0.6 is 15.9 Å². The van der Waals surface area contributed by atoms with Crippen LogP contribution in [-0.2, 0) is 11.3 Å². The molecule has 98 valence electrons. The number of halogens is 1. The first kappa shape index (κ1) is 13.6. The summed E-state index contributed by atoms with van der Waals surface area (Å²) in [6, 6.07) is 13.0. The van der Waals surface area contributed by atoms with Crippen LogP contribution in [-0.4, -0.2) is 5.97 Å². The third-order valence-electron chi connectivity index (χ3n) is 2.83. The number of hydrogen-bond donors (Lipinski definition) is 1. The number of rotatable bonds is 3. The summed E-state index contributed by atoms with van der Waals surface area (Å²) in [5.74, 6) is -0.397. The summed E-state index contributed by atoms with van der Waals surface area (Å²) in [7, 11) is 0. The van der Waals surface area contributed by atoms with Gasteiger partial charge >= 0.3 is 5.97 Å². The van der Waals surface area contributed by atoms with E-state index < -0.39 is 5.97 Å². The Bertz CT molecular complexity index is 591. The Balaban J connectivity index is 2.13. The average Bonchev–Trinajstić information content (AvgIpc) is 2.37. The maximum Gasteiger partial charge on any atom is 0.340 e. The first-order valence-corrected chi connectivity index (χ1v) is 6.64. The SMILES string of the molecule is Cc1cccc(N)c1C(=O)OCc1ccccc1Br. The second-order valence-corrected chi connectivity index (χ2v) is 5.06. The Hall–Kier alpha value is -1.81. The van der Waals surface area contributed by atoms with Crippen molar-refractivity contribution in [3.05, 3.63) is 63.6 Å². The van der Waals surface area contributed by atoms with E-state index in [1.54, 1.807) is 6.07 Å². The molecule has 0 saturated carbocycles. The van der Waals surface area contributed by atoms with E-state index in [0.29, 0.717) is 11.3 Å². The smallest absolute Gasteiger partial charge is 0.340 e. The van der Waals surface area contributed by atoms with Crippen LogP contribution in [0.4, 0.5) is 5.69 Å². The number of aryl methyl sites for hydroxylation is 1. The maximum atomic E-state index is 12.1. The minimum absolute atomic E-state index is 0.216. The zero-order valence-corrected chi connectivity index (χ0v) is 12.1. The third kappa shape index (κ3) is 3.15. The number of anilines is 1. The number of hydrogen-bond acceptors (Lipinski definition) is 3. The minimum atomic E-state index is -0.397. The van der Waals surface area contributed by atoms with Gasteiger partial charge in [0.05, 0.1) is 5.56 Å². The van der Waals surface area contributed by atoms with Crippen LogP contribution in [0.15, 0.2) is 46.9 Å². The first-order chi connectivity index (χ1) is 9.09. The highest BCUT2D eigenvalue weighted by Crippen LogP contribution is 2.20. The van der Waals surface area contributed by atoms with Crippen molar-refractivity contribution in [2.24, 2.45) is 0 Å². The quantitative estimate of drug-likeness (QED) is 0.693. The van der Waals surface area contributed by atoms with Crippen molar-refractivity contribution in [2.75, 3.05) is 5.73 Å². The average molecular weight is 320 g/mol. The third-order valence-corrected chi connectivity index (χ3v) is 3.60. The normalized spacial score (nSPS) is 10.2. The molecule has 0 atom stereocenters. The van der Waals surface area contributed by atoms with Crippen molar-refractivity contribution < 1.29 is 9.53 Å². The van der Waals surface area contributed by atoms with Gasteiger partial charge in [0.2, 0.25) is 0 Å². The van der Waals surface area contributed by atoms with Gasteiger partial charge in [-0.3, -0.25) is 0 Å². The summed E-state index contributed by atoms with van der Waals surface area (Å²) in [6.07, 6.45) is 0. The highest BCUT2D eigenvalue weighted by molar-refractivity contribution is 9.10. The van der Waals surface area contributed by atoms with Crippen LogP contribution in [0.5, 0.6) is 0 Å². The summed E-state index contributed by atoms with van der Waals surface area (Å²) in [4.78, 5) is 12.1. The van der Waals surface area contributed by atoms with Gasteiger partial charge in [-0.05, 0) is 24.6 Å². The number of nitrogens with two attached hydrogens (primary N) is 1. The van der Waals surface area contributed by atoms with Crippen molar-refractivity contribution in [3.8, 4) is 0 Å². The molecule has 0 amide bonds. The van der Waals surface area contributed by atoms with E-state index in [2.05, 4.69) is 15.9 Å². The number of benzene rings is 2. The molecule has 4 heteroatoms. The second kappa shape index (κ2) is 5.89. The Morgan fingerprint density at radius 2 is 1.95 bits per heavy atom. The number of carbonyl (C=O) groups excluding carboxylic acids is 1. The molecule has 0 spiro atoms. The molecule has 2 N–H and O–H groups in total. The van der Waals surface area contributed by atoms with Crippen molar-refractivity contribution in [2.45, 2.75) is 13.5 Å². The molecule has 0 aliphatic heterocycles. The maximum absolute atomic E-state index is 12.1. The van der Waals surface area contributed by atoms with Crippen LogP contribution in [0.3, 0.4) is 0 Å². The standard InChI is InChI=1S/C15H14BrNO2/c1-10-5-4-8-13(17)14(10)15(18)19-9-11-6-2-3-7-12(11)16/h2-8H,9,17H2,1H3. The highest BCUT2D eigenvalue weighted by atomic mass is 79.9. The van der Waals surface area contributed by atoms with E-state index in [1.165, 1.54) is 0 Å². The van der Waals surface area contributed by atoms with Gasteiger partial charge in [0, 0.05) is 15.7 Å². The molecule has 0 unspecified atom stereocenters. The Kier molecular flexibility index (Phi) is 4.22. The largest absolute Gasteiger partial charge is 0.457 e. The van der Waals surface area contributed by atoms with Crippen LogP contribution in [0.1, 0.15) is 21.5 Å². The molecule has 0 heterocycles. The van der Waals surface area contributed by atoms with Gasteiger partial charge in [-0.1, -0.05) is 46.3 Å². The van der Waals surface area contributed by atoms with Crippen molar-refractivity contribution >= 4 is 27.6 Å². The van der Waals surface area contributed by atoms with Crippen LogP contribution in [0, 0.1) is 6.92 Å². The molecule has 0 aromatic heterocycles. The molecule has 2 aromatic rings. The highest BCUT2D eigenvalue weighted by Gasteiger charge is 2.14. The summed E-state index contributed by atoms with van der Waals surface area (Å²) in [6.45, 7) is 2.05. The molecule has 19 heavy (non-hydrogen) atoms. The van der Waals surface area contributed by atoms with Gasteiger partial charge in [-0.25, -0.2) is 4.79 Å². The fourth-order valence-electron chi connectivity index (χ4n) is 1.80. The van der Waals surface area contributed by atoms with Crippen molar-refractivity contribution in [1.82, 2.24) is 0 Å². The monoisotopic (exact) mass is 319 g/mol. The van der Waals surface area contributed by atoms with Gasteiger partial charge in [0.25, 0.3) is 0 Å². The van der Waals surface area contributed by atoms with E-state index in [9.17, 15) is 4.79 Å². The topological polar surface area (TPSA) is 52.3 Å². The minimum Gasteiger partial charge on any atom is -0.457 e. The molecule has 0 saturated heterocycles. The predicted octanol–water partition coefficient (Wildman–Crippen LogP) is 3.70. The lowest BCUT2D eigenvalue weighted by molar-refractivity contribution is 0.0472. The molecule has 2 aromatic carbocycles. The van der Waals surface area contributed by atoms with Gasteiger partial charge in [0.1, 0.15) is 6.61 Å². The van der Waals surface area contributed by atoms with E-state index in [1.807, 2.05) is 43.3 Å². The molecular formula is C15H14BrNO2. The van der Waals surface area contributed by atoms with Crippen LogP contribution in [0.2, 0.25) is 0 Å². The van der Waals surface area contributed by atoms with E-state index in [0.717, 1.165) is 15.6 Å². The molecule has 0 fully saturated rings. The lowest BCUT2D eigenvalue weighted by Crippen LogP contribution is -2.10. The summed E-state index contributed by atoms with van der Waals surface area (Å²) in [5.41, 5.74) is 8.43. The lowest BCUT2D eigenvalue weighted by atomic mass is 10.1. The van der Waals surface area contributed by atoms with Crippen LogP contribution < -0.4 is 5.73 Å². The molecule has 0 aliphatic rings. The number of esters is 1. The molecule has 0 radical (unpaired) electrons. The number of carbonyl (C=O) groups is 1.